The lowest BCUT2D eigenvalue weighted by Gasteiger charge is -2.33. The van der Waals surface area contributed by atoms with Crippen LogP contribution in [0.25, 0.3) is 6.08 Å². The molecule has 1 N–H and O–H groups in total. The van der Waals surface area contributed by atoms with E-state index in [9.17, 15) is 4.79 Å². The number of rotatable bonds is 6. The number of nitrogens with zero attached hydrogens (tertiary/aromatic N) is 1. The van der Waals surface area contributed by atoms with Crippen LogP contribution in [0.2, 0.25) is 5.02 Å². The van der Waals surface area contributed by atoms with E-state index < -0.39 is 0 Å². The van der Waals surface area contributed by atoms with Crippen LogP contribution in [0.3, 0.4) is 0 Å². The summed E-state index contributed by atoms with van der Waals surface area (Å²) in [7, 11) is 0. The third-order valence-electron chi connectivity index (χ3n) is 4.14. The third-order valence-corrected chi connectivity index (χ3v) is 4.37. The van der Waals surface area contributed by atoms with Crippen LogP contribution in [0.1, 0.15) is 38.2 Å². The molecule has 0 radical (unpaired) electrons. The fourth-order valence-electron chi connectivity index (χ4n) is 2.82. The first-order chi connectivity index (χ1) is 10.6. The van der Waals surface area contributed by atoms with Gasteiger partial charge in [0.2, 0.25) is 5.91 Å². The van der Waals surface area contributed by atoms with Gasteiger partial charge in [-0.3, -0.25) is 4.79 Å². The predicted octanol–water partition coefficient (Wildman–Crippen LogP) is 3.73. The highest BCUT2D eigenvalue weighted by atomic mass is 35.5. The number of amides is 1. The van der Waals surface area contributed by atoms with E-state index in [0.717, 1.165) is 25.1 Å². The van der Waals surface area contributed by atoms with Gasteiger partial charge in [0, 0.05) is 30.2 Å². The number of carbonyl (C=O) groups excluding carboxylic acids is 1. The average molecular weight is 321 g/mol. The van der Waals surface area contributed by atoms with Crippen LogP contribution in [-0.4, -0.2) is 36.5 Å². The predicted molar refractivity (Wildman–Crippen MR) is 93.0 cm³/mol. The fraction of sp³-hybridized carbons (Fsp3) is 0.500. The van der Waals surface area contributed by atoms with Crippen molar-refractivity contribution in [2.24, 2.45) is 0 Å². The van der Waals surface area contributed by atoms with Crippen molar-refractivity contribution in [1.82, 2.24) is 10.2 Å². The van der Waals surface area contributed by atoms with Crippen molar-refractivity contribution in [2.45, 2.75) is 38.6 Å². The average Bonchev–Trinajstić information content (AvgIpc) is 2.51. The minimum atomic E-state index is -0.0494. The molecule has 1 heterocycles. The van der Waals surface area contributed by atoms with Crippen molar-refractivity contribution in [2.75, 3.05) is 19.6 Å². The van der Waals surface area contributed by atoms with Crippen LogP contribution in [-0.2, 0) is 4.79 Å². The quantitative estimate of drug-likeness (QED) is 0.640. The van der Waals surface area contributed by atoms with Crippen LogP contribution >= 0.6 is 11.6 Å². The second-order valence-electron chi connectivity index (χ2n) is 5.91. The Morgan fingerprint density at radius 2 is 2.32 bits per heavy atom. The van der Waals surface area contributed by atoms with Gasteiger partial charge in [0.25, 0.3) is 0 Å². The van der Waals surface area contributed by atoms with Gasteiger partial charge in [-0.1, -0.05) is 30.2 Å². The number of benzene rings is 1. The number of halogens is 1. The number of likely N-dealkylation sites (tertiary alicyclic amines) is 1. The Bertz CT molecular complexity index is 516. The number of hydrogen-bond donors (Lipinski definition) is 1. The molecule has 0 spiro atoms. The van der Waals surface area contributed by atoms with E-state index in [1.165, 1.54) is 25.8 Å². The summed E-state index contributed by atoms with van der Waals surface area (Å²) in [5.41, 5.74) is 0.935. The van der Waals surface area contributed by atoms with Crippen LogP contribution < -0.4 is 5.32 Å². The van der Waals surface area contributed by atoms with Crippen molar-refractivity contribution in [1.29, 1.82) is 0 Å². The van der Waals surface area contributed by atoms with Crippen molar-refractivity contribution in [3.8, 4) is 0 Å². The summed E-state index contributed by atoms with van der Waals surface area (Å²) < 4.78 is 0. The van der Waals surface area contributed by atoms with Crippen LogP contribution in [0.5, 0.6) is 0 Å². The van der Waals surface area contributed by atoms with Gasteiger partial charge < -0.3 is 10.2 Å². The second kappa shape index (κ2) is 8.96. The zero-order valence-electron chi connectivity index (χ0n) is 13.2. The summed E-state index contributed by atoms with van der Waals surface area (Å²) in [5, 5.41) is 3.62. The molecular weight excluding hydrogens is 296 g/mol. The van der Waals surface area contributed by atoms with Crippen molar-refractivity contribution < 1.29 is 4.79 Å². The molecule has 1 aromatic carbocycles. The normalized spacial score (nSPS) is 19.5. The van der Waals surface area contributed by atoms with Crippen molar-refractivity contribution >= 4 is 23.6 Å². The van der Waals surface area contributed by atoms with E-state index in [2.05, 4.69) is 17.1 Å². The maximum atomic E-state index is 11.8. The summed E-state index contributed by atoms with van der Waals surface area (Å²) in [5.74, 6) is -0.0494. The first-order valence-electron chi connectivity index (χ1n) is 8.10. The highest BCUT2D eigenvalue weighted by Crippen LogP contribution is 2.16. The molecule has 1 fully saturated rings. The molecule has 120 valence electrons. The SMILES string of the molecule is C[C@H]1CCCCN1CCCNC(=O)/C=C/c1cccc(Cl)c1. The lowest BCUT2D eigenvalue weighted by Crippen LogP contribution is -2.39. The molecular formula is C18H25ClN2O. The molecule has 0 bridgehead atoms. The Morgan fingerprint density at radius 3 is 3.09 bits per heavy atom. The van der Waals surface area contributed by atoms with E-state index in [0.29, 0.717) is 11.1 Å². The van der Waals surface area contributed by atoms with Crippen LogP contribution in [0, 0.1) is 0 Å². The van der Waals surface area contributed by atoms with Crippen LogP contribution in [0.15, 0.2) is 30.3 Å². The number of carbonyl (C=O) groups is 1. The lowest BCUT2D eigenvalue weighted by molar-refractivity contribution is -0.116. The Labute approximate surface area is 138 Å². The van der Waals surface area contributed by atoms with Gasteiger partial charge in [0.05, 0.1) is 0 Å². The minimum Gasteiger partial charge on any atom is -0.353 e. The molecule has 1 aliphatic heterocycles. The molecule has 1 atom stereocenters. The molecule has 1 amide bonds. The number of piperidine rings is 1. The highest BCUT2D eigenvalue weighted by molar-refractivity contribution is 6.30. The molecule has 0 saturated carbocycles. The van der Waals surface area contributed by atoms with E-state index in [-0.39, 0.29) is 5.91 Å². The number of nitrogens with one attached hydrogen (secondary N) is 1. The molecule has 1 aromatic rings. The minimum absolute atomic E-state index is 0.0494. The Hall–Kier alpha value is -1.32. The van der Waals surface area contributed by atoms with Gasteiger partial charge in [0.15, 0.2) is 0 Å². The second-order valence-corrected chi connectivity index (χ2v) is 6.35. The zero-order valence-corrected chi connectivity index (χ0v) is 14.0. The van der Waals surface area contributed by atoms with Crippen molar-refractivity contribution in [3.63, 3.8) is 0 Å². The molecule has 0 unspecified atom stereocenters. The first kappa shape index (κ1) is 17.0. The Kier molecular flexibility index (Phi) is 6.94. The summed E-state index contributed by atoms with van der Waals surface area (Å²) >= 11 is 5.91. The molecule has 1 saturated heterocycles. The van der Waals surface area contributed by atoms with Gasteiger partial charge in [-0.15, -0.1) is 0 Å². The standard InChI is InChI=1S/C18H25ClN2O/c1-15-6-2-3-12-21(15)13-5-11-20-18(22)10-9-16-7-4-8-17(19)14-16/h4,7-10,14-15H,2-3,5-6,11-13H2,1H3,(H,20,22)/b10-9+/t15-/m0/s1. The molecule has 0 aliphatic carbocycles. The molecule has 1 aliphatic rings. The van der Waals surface area contributed by atoms with Crippen molar-refractivity contribution in [3.05, 3.63) is 40.9 Å². The maximum Gasteiger partial charge on any atom is 0.243 e. The monoisotopic (exact) mass is 320 g/mol. The largest absolute Gasteiger partial charge is 0.353 e. The fourth-order valence-corrected chi connectivity index (χ4v) is 3.02. The Morgan fingerprint density at radius 1 is 1.45 bits per heavy atom. The zero-order chi connectivity index (χ0) is 15.8. The maximum absolute atomic E-state index is 11.8. The summed E-state index contributed by atoms with van der Waals surface area (Å²) in [4.78, 5) is 14.3. The van der Waals surface area contributed by atoms with Gasteiger partial charge in [-0.25, -0.2) is 0 Å². The molecule has 4 heteroatoms. The summed E-state index contributed by atoms with van der Waals surface area (Å²) in [6.45, 7) is 5.29. The molecule has 0 aromatic heterocycles. The smallest absolute Gasteiger partial charge is 0.243 e. The Balaban J connectivity index is 1.65. The summed E-state index contributed by atoms with van der Waals surface area (Å²) in [6, 6.07) is 8.14. The van der Waals surface area contributed by atoms with Gasteiger partial charge >= 0.3 is 0 Å². The topological polar surface area (TPSA) is 32.3 Å². The van der Waals surface area contributed by atoms with Gasteiger partial charge in [-0.2, -0.15) is 0 Å². The van der Waals surface area contributed by atoms with E-state index >= 15 is 0 Å². The van der Waals surface area contributed by atoms with E-state index in [1.54, 1.807) is 12.2 Å². The van der Waals surface area contributed by atoms with Gasteiger partial charge in [0.1, 0.15) is 0 Å². The summed E-state index contributed by atoms with van der Waals surface area (Å²) in [6.07, 6.45) is 8.31. The molecule has 2 rings (SSSR count). The first-order valence-corrected chi connectivity index (χ1v) is 8.48. The molecule has 22 heavy (non-hydrogen) atoms. The van der Waals surface area contributed by atoms with Gasteiger partial charge in [-0.05, 0) is 56.5 Å². The highest BCUT2D eigenvalue weighted by Gasteiger charge is 2.16. The number of hydrogen-bond acceptors (Lipinski definition) is 2. The van der Waals surface area contributed by atoms with E-state index in [1.807, 2.05) is 24.3 Å². The van der Waals surface area contributed by atoms with Crippen LogP contribution in [0.4, 0.5) is 0 Å². The van der Waals surface area contributed by atoms with E-state index in [4.69, 9.17) is 11.6 Å². The lowest BCUT2D eigenvalue weighted by atomic mass is 10.0. The third kappa shape index (κ3) is 5.82. The molecule has 3 nitrogen and oxygen atoms in total.